The first-order valence-corrected chi connectivity index (χ1v) is 8.14. The minimum atomic E-state index is 0. The van der Waals surface area contributed by atoms with E-state index in [0.717, 1.165) is 24.3 Å². The van der Waals surface area contributed by atoms with Crippen LogP contribution in [-0.2, 0) is 13.0 Å². The second kappa shape index (κ2) is 11.1. The maximum atomic E-state index is 6.25. The Hall–Kier alpha value is -1.55. The van der Waals surface area contributed by atoms with Gasteiger partial charge in [-0.15, -0.1) is 24.0 Å². The highest BCUT2D eigenvalue weighted by molar-refractivity contribution is 14.0. The Kier molecular flexibility index (Phi) is 9.58. The number of guanidine groups is 1. The van der Waals surface area contributed by atoms with Gasteiger partial charge in [-0.05, 0) is 31.0 Å². The van der Waals surface area contributed by atoms with E-state index in [-0.39, 0.29) is 24.0 Å². The van der Waals surface area contributed by atoms with Crippen LogP contribution in [0.5, 0.6) is 5.75 Å². The van der Waals surface area contributed by atoms with Gasteiger partial charge < -0.3 is 19.9 Å². The largest absolute Gasteiger partial charge is 0.497 e. The van der Waals surface area contributed by atoms with Crippen LogP contribution in [0.2, 0.25) is 5.02 Å². The topological polar surface area (TPSA) is 84.6 Å². The maximum Gasteiger partial charge on any atom is 0.223 e. The summed E-state index contributed by atoms with van der Waals surface area (Å²) in [7, 11) is 1.62. The van der Waals surface area contributed by atoms with Gasteiger partial charge in [0.2, 0.25) is 5.89 Å². The van der Waals surface area contributed by atoms with E-state index in [4.69, 9.17) is 20.9 Å². The number of hydrogen-bond donors (Lipinski definition) is 2. The summed E-state index contributed by atoms with van der Waals surface area (Å²) in [6.07, 6.45) is 0.772. The summed E-state index contributed by atoms with van der Waals surface area (Å²) in [5.41, 5.74) is 1.05. The first kappa shape index (κ1) is 21.5. The number of benzene rings is 1. The van der Waals surface area contributed by atoms with E-state index in [9.17, 15) is 0 Å². The second-order valence-electron chi connectivity index (χ2n) is 5.06. The number of ether oxygens (including phenoxy) is 1. The normalized spacial score (nSPS) is 11.0. The Bertz CT molecular complexity index is 693. The van der Waals surface area contributed by atoms with E-state index in [0.29, 0.717) is 35.8 Å². The van der Waals surface area contributed by atoms with Gasteiger partial charge in [0.1, 0.15) is 12.3 Å². The smallest absolute Gasteiger partial charge is 0.223 e. The molecule has 1 aromatic carbocycles. The zero-order chi connectivity index (χ0) is 17.4. The van der Waals surface area contributed by atoms with E-state index in [1.807, 2.05) is 25.1 Å². The van der Waals surface area contributed by atoms with Crippen molar-refractivity contribution >= 4 is 41.5 Å². The number of halogens is 2. The predicted octanol–water partition coefficient (Wildman–Crippen LogP) is 2.96. The van der Waals surface area contributed by atoms with Gasteiger partial charge in [0.05, 0.1) is 7.11 Å². The highest BCUT2D eigenvalue weighted by Gasteiger charge is 2.05. The van der Waals surface area contributed by atoms with Crippen molar-refractivity contribution in [1.29, 1.82) is 0 Å². The van der Waals surface area contributed by atoms with Crippen molar-refractivity contribution in [2.45, 2.75) is 26.8 Å². The zero-order valence-electron chi connectivity index (χ0n) is 14.5. The van der Waals surface area contributed by atoms with Gasteiger partial charge in [0.15, 0.2) is 11.8 Å². The summed E-state index contributed by atoms with van der Waals surface area (Å²) in [6, 6.07) is 5.68. The van der Waals surface area contributed by atoms with Crippen LogP contribution in [0.25, 0.3) is 0 Å². The van der Waals surface area contributed by atoms with E-state index in [2.05, 4.69) is 25.8 Å². The van der Waals surface area contributed by atoms with Crippen molar-refractivity contribution in [2.24, 2.45) is 4.99 Å². The number of nitrogens with one attached hydrogen (secondary N) is 2. The molecular formula is C16H23ClIN5O2. The van der Waals surface area contributed by atoms with E-state index >= 15 is 0 Å². The summed E-state index contributed by atoms with van der Waals surface area (Å²) in [5.74, 6) is 2.54. The molecule has 138 valence electrons. The quantitative estimate of drug-likeness (QED) is 0.361. The average molecular weight is 480 g/mol. The fourth-order valence-corrected chi connectivity index (χ4v) is 2.34. The third kappa shape index (κ3) is 7.07. The van der Waals surface area contributed by atoms with Crippen LogP contribution in [0.1, 0.15) is 24.2 Å². The Morgan fingerprint density at radius 3 is 2.76 bits per heavy atom. The van der Waals surface area contributed by atoms with Crippen molar-refractivity contribution in [1.82, 2.24) is 20.8 Å². The molecule has 1 aromatic heterocycles. The minimum Gasteiger partial charge on any atom is -0.497 e. The Morgan fingerprint density at radius 1 is 1.36 bits per heavy atom. The molecule has 0 fully saturated rings. The Balaban J connectivity index is 0.00000312. The highest BCUT2D eigenvalue weighted by atomic mass is 127. The molecule has 2 N–H and O–H groups in total. The van der Waals surface area contributed by atoms with Crippen molar-refractivity contribution in [2.75, 3.05) is 20.2 Å². The monoisotopic (exact) mass is 479 g/mol. The summed E-state index contributed by atoms with van der Waals surface area (Å²) < 4.78 is 10.1. The van der Waals surface area contributed by atoms with Gasteiger partial charge in [-0.25, -0.2) is 4.99 Å². The van der Waals surface area contributed by atoms with Gasteiger partial charge in [-0.1, -0.05) is 22.8 Å². The second-order valence-corrected chi connectivity index (χ2v) is 5.47. The molecule has 0 bridgehead atoms. The summed E-state index contributed by atoms with van der Waals surface area (Å²) in [4.78, 5) is 8.56. The van der Waals surface area contributed by atoms with Gasteiger partial charge in [-0.3, -0.25) is 0 Å². The van der Waals surface area contributed by atoms with Crippen LogP contribution >= 0.6 is 35.6 Å². The fourth-order valence-electron chi connectivity index (χ4n) is 2.07. The van der Waals surface area contributed by atoms with Crippen molar-refractivity contribution < 1.29 is 9.26 Å². The summed E-state index contributed by atoms with van der Waals surface area (Å²) in [5, 5.41) is 11.0. The first-order chi connectivity index (χ1) is 11.6. The third-order valence-corrected chi connectivity index (χ3v) is 3.59. The molecular weight excluding hydrogens is 457 g/mol. The number of aliphatic imine (C=N–C) groups is 1. The van der Waals surface area contributed by atoms with Crippen molar-refractivity contribution in [3.8, 4) is 5.75 Å². The number of aromatic nitrogens is 2. The van der Waals surface area contributed by atoms with Crippen LogP contribution in [0.4, 0.5) is 0 Å². The average Bonchev–Trinajstić information content (AvgIpc) is 2.99. The molecule has 0 aliphatic heterocycles. The lowest BCUT2D eigenvalue weighted by atomic mass is 10.1. The summed E-state index contributed by atoms with van der Waals surface area (Å²) >= 11 is 6.25. The van der Waals surface area contributed by atoms with Gasteiger partial charge in [0, 0.05) is 25.0 Å². The molecule has 7 nitrogen and oxygen atoms in total. The number of nitrogens with zero attached hydrogens (tertiary/aromatic N) is 3. The maximum absolute atomic E-state index is 6.25. The van der Waals surface area contributed by atoms with Gasteiger partial charge in [0.25, 0.3) is 0 Å². The molecule has 0 atom stereocenters. The van der Waals surface area contributed by atoms with Crippen LogP contribution in [0.15, 0.2) is 27.7 Å². The van der Waals surface area contributed by atoms with Crippen LogP contribution in [-0.4, -0.2) is 36.3 Å². The lowest BCUT2D eigenvalue weighted by Crippen LogP contribution is -2.38. The van der Waals surface area contributed by atoms with E-state index in [1.54, 1.807) is 14.0 Å². The molecule has 0 aliphatic rings. The zero-order valence-corrected chi connectivity index (χ0v) is 17.6. The van der Waals surface area contributed by atoms with Crippen LogP contribution in [0.3, 0.4) is 0 Å². The van der Waals surface area contributed by atoms with Crippen LogP contribution < -0.4 is 15.4 Å². The molecule has 0 unspecified atom stereocenters. The number of aryl methyl sites for hydroxylation is 1. The Labute approximate surface area is 169 Å². The lowest BCUT2D eigenvalue weighted by molar-refractivity contribution is 0.387. The molecule has 0 aliphatic carbocycles. The predicted molar refractivity (Wildman–Crippen MR) is 109 cm³/mol. The van der Waals surface area contributed by atoms with Gasteiger partial charge >= 0.3 is 0 Å². The molecule has 2 rings (SSSR count). The van der Waals surface area contributed by atoms with E-state index in [1.165, 1.54) is 0 Å². The van der Waals surface area contributed by atoms with E-state index < -0.39 is 0 Å². The molecule has 0 saturated carbocycles. The first-order valence-electron chi connectivity index (χ1n) is 7.76. The number of hydrogen-bond acceptors (Lipinski definition) is 5. The van der Waals surface area contributed by atoms with Crippen molar-refractivity contribution in [3.05, 3.63) is 40.5 Å². The molecule has 9 heteroatoms. The third-order valence-electron chi connectivity index (χ3n) is 3.24. The molecule has 0 saturated heterocycles. The molecule has 2 aromatic rings. The fraction of sp³-hybridized carbons (Fsp3) is 0.438. The summed E-state index contributed by atoms with van der Waals surface area (Å²) in [6.45, 7) is 5.58. The molecule has 25 heavy (non-hydrogen) atoms. The standard InChI is InChI=1S/C16H22ClN5O2.HI/c1-4-18-16(20-10-15-21-11(2)24-22-15)19-8-7-12-5-6-13(23-3)9-14(12)17;/h5-6,9H,4,7-8,10H2,1-3H3,(H2,18,19,20);1H. The molecule has 0 amide bonds. The minimum absolute atomic E-state index is 0. The number of methoxy groups -OCH3 is 1. The van der Waals surface area contributed by atoms with Crippen LogP contribution in [0, 0.1) is 6.92 Å². The lowest BCUT2D eigenvalue weighted by Gasteiger charge is -2.12. The SMILES string of the molecule is CCNC(=NCc1noc(C)n1)NCCc1ccc(OC)cc1Cl.I. The molecule has 1 heterocycles. The number of rotatable bonds is 7. The molecule has 0 radical (unpaired) electrons. The van der Waals surface area contributed by atoms with Gasteiger partial charge in [-0.2, -0.15) is 4.98 Å². The van der Waals surface area contributed by atoms with Crippen molar-refractivity contribution in [3.63, 3.8) is 0 Å². The highest BCUT2D eigenvalue weighted by Crippen LogP contribution is 2.22. The Morgan fingerprint density at radius 2 is 2.16 bits per heavy atom. The molecule has 0 spiro atoms.